The molecular formula is C11H10ClN3OS. The van der Waals surface area contributed by atoms with Crippen LogP contribution in [0, 0.1) is 0 Å². The zero-order chi connectivity index (χ0) is 12.3. The van der Waals surface area contributed by atoms with Crippen LogP contribution in [0.5, 0.6) is 0 Å². The maximum Gasteiger partial charge on any atom is 0.274 e. The molecule has 0 unspecified atom stereocenters. The van der Waals surface area contributed by atoms with Gasteiger partial charge < -0.3 is 11.1 Å². The van der Waals surface area contributed by atoms with Crippen molar-refractivity contribution in [1.82, 2.24) is 4.98 Å². The van der Waals surface area contributed by atoms with Crippen LogP contribution >= 0.6 is 22.9 Å². The van der Waals surface area contributed by atoms with E-state index in [1.54, 1.807) is 30.5 Å². The zero-order valence-electron chi connectivity index (χ0n) is 8.81. The molecule has 1 amide bonds. The molecule has 0 bridgehead atoms. The molecule has 0 aliphatic carbocycles. The van der Waals surface area contributed by atoms with Gasteiger partial charge in [0, 0.05) is 12.7 Å². The highest BCUT2D eigenvalue weighted by Gasteiger charge is 2.09. The van der Waals surface area contributed by atoms with Crippen molar-refractivity contribution in [2.24, 2.45) is 5.73 Å². The van der Waals surface area contributed by atoms with Crippen LogP contribution in [-0.2, 0) is 6.54 Å². The Labute approximate surface area is 107 Å². The predicted octanol–water partition coefficient (Wildman–Crippen LogP) is 2.51. The standard InChI is InChI=1S/C11H10ClN3OS/c12-9-1-2-10(17-9)15-11(16)8-5-7(6-13)3-4-14-8/h1-5H,6,13H2,(H,15,16). The summed E-state index contributed by atoms with van der Waals surface area (Å²) in [7, 11) is 0. The average molecular weight is 268 g/mol. The van der Waals surface area contributed by atoms with Gasteiger partial charge in [0.1, 0.15) is 5.69 Å². The number of aromatic nitrogens is 1. The molecule has 2 aromatic heterocycles. The highest BCUT2D eigenvalue weighted by molar-refractivity contribution is 7.20. The van der Waals surface area contributed by atoms with E-state index in [1.165, 1.54) is 11.3 Å². The summed E-state index contributed by atoms with van der Waals surface area (Å²) in [5.74, 6) is -0.265. The number of anilines is 1. The lowest BCUT2D eigenvalue weighted by atomic mass is 10.2. The van der Waals surface area contributed by atoms with Crippen LogP contribution in [0.2, 0.25) is 4.34 Å². The Bertz CT molecular complexity index is 541. The van der Waals surface area contributed by atoms with E-state index in [4.69, 9.17) is 17.3 Å². The van der Waals surface area contributed by atoms with E-state index in [1.807, 2.05) is 0 Å². The van der Waals surface area contributed by atoms with Crippen molar-refractivity contribution in [3.05, 3.63) is 46.1 Å². The van der Waals surface area contributed by atoms with Crippen LogP contribution in [0.15, 0.2) is 30.5 Å². The monoisotopic (exact) mass is 267 g/mol. The Morgan fingerprint density at radius 3 is 2.94 bits per heavy atom. The Morgan fingerprint density at radius 2 is 2.29 bits per heavy atom. The second-order valence-corrected chi connectivity index (χ2v) is 5.03. The van der Waals surface area contributed by atoms with Crippen molar-refractivity contribution < 1.29 is 4.79 Å². The largest absolute Gasteiger partial charge is 0.326 e. The molecule has 0 atom stereocenters. The lowest BCUT2D eigenvalue weighted by molar-refractivity contribution is 0.102. The molecule has 2 aromatic rings. The van der Waals surface area contributed by atoms with Gasteiger partial charge in [-0.05, 0) is 29.8 Å². The minimum atomic E-state index is -0.265. The molecule has 88 valence electrons. The van der Waals surface area contributed by atoms with Crippen LogP contribution in [0.3, 0.4) is 0 Å². The lowest BCUT2D eigenvalue weighted by Gasteiger charge is -2.03. The summed E-state index contributed by atoms with van der Waals surface area (Å²) in [6.07, 6.45) is 1.57. The van der Waals surface area contributed by atoms with E-state index in [9.17, 15) is 4.79 Å². The van der Waals surface area contributed by atoms with E-state index in [0.29, 0.717) is 21.6 Å². The van der Waals surface area contributed by atoms with Crippen molar-refractivity contribution in [2.75, 3.05) is 5.32 Å². The van der Waals surface area contributed by atoms with Gasteiger partial charge >= 0.3 is 0 Å². The maximum absolute atomic E-state index is 11.8. The van der Waals surface area contributed by atoms with E-state index in [2.05, 4.69) is 10.3 Å². The molecule has 0 spiro atoms. The Balaban J connectivity index is 2.14. The first-order chi connectivity index (χ1) is 8.19. The zero-order valence-corrected chi connectivity index (χ0v) is 10.4. The van der Waals surface area contributed by atoms with Gasteiger partial charge in [-0.25, -0.2) is 0 Å². The summed E-state index contributed by atoms with van der Waals surface area (Å²) >= 11 is 7.07. The molecule has 6 heteroatoms. The van der Waals surface area contributed by atoms with Crippen molar-refractivity contribution in [1.29, 1.82) is 0 Å². The van der Waals surface area contributed by atoms with Crippen LogP contribution in [0.4, 0.5) is 5.00 Å². The molecule has 0 aliphatic heterocycles. The number of pyridine rings is 1. The maximum atomic E-state index is 11.8. The minimum absolute atomic E-state index is 0.265. The van der Waals surface area contributed by atoms with Gasteiger partial charge in [0.2, 0.25) is 0 Å². The summed E-state index contributed by atoms with van der Waals surface area (Å²) in [6.45, 7) is 0.383. The number of amides is 1. The molecule has 2 rings (SSSR count). The number of nitrogens with two attached hydrogens (primary N) is 1. The van der Waals surface area contributed by atoms with E-state index in [0.717, 1.165) is 5.56 Å². The van der Waals surface area contributed by atoms with Crippen LogP contribution in [-0.4, -0.2) is 10.9 Å². The molecule has 0 radical (unpaired) electrons. The first kappa shape index (κ1) is 12.0. The lowest BCUT2D eigenvalue weighted by Crippen LogP contribution is -2.13. The first-order valence-electron chi connectivity index (χ1n) is 4.91. The van der Waals surface area contributed by atoms with E-state index in [-0.39, 0.29) is 5.91 Å². The third kappa shape index (κ3) is 3.03. The SMILES string of the molecule is NCc1ccnc(C(=O)Nc2ccc(Cl)s2)c1. The summed E-state index contributed by atoms with van der Waals surface area (Å²) < 4.78 is 0.629. The number of nitrogens with one attached hydrogen (secondary N) is 1. The summed E-state index contributed by atoms with van der Waals surface area (Å²) in [5.41, 5.74) is 6.71. The minimum Gasteiger partial charge on any atom is -0.326 e. The van der Waals surface area contributed by atoms with Gasteiger partial charge in [-0.3, -0.25) is 9.78 Å². The third-order valence-corrected chi connectivity index (χ3v) is 3.25. The molecule has 0 saturated carbocycles. The van der Waals surface area contributed by atoms with Crippen molar-refractivity contribution in [3.8, 4) is 0 Å². The Hall–Kier alpha value is -1.43. The Morgan fingerprint density at radius 1 is 1.47 bits per heavy atom. The van der Waals surface area contributed by atoms with Crippen molar-refractivity contribution in [2.45, 2.75) is 6.54 Å². The number of hydrogen-bond donors (Lipinski definition) is 2. The van der Waals surface area contributed by atoms with Crippen LogP contribution < -0.4 is 11.1 Å². The Kier molecular flexibility index (Phi) is 3.73. The average Bonchev–Trinajstić information content (AvgIpc) is 2.75. The third-order valence-electron chi connectivity index (χ3n) is 2.10. The molecule has 3 N–H and O–H groups in total. The van der Waals surface area contributed by atoms with Gasteiger partial charge in [0.25, 0.3) is 5.91 Å². The molecule has 0 aliphatic rings. The van der Waals surface area contributed by atoms with Crippen molar-refractivity contribution >= 4 is 33.8 Å². The van der Waals surface area contributed by atoms with Gasteiger partial charge in [-0.2, -0.15) is 0 Å². The quantitative estimate of drug-likeness (QED) is 0.898. The fourth-order valence-electron chi connectivity index (χ4n) is 1.28. The second kappa shape index (κ2) is 5.27. The number of carbonyl (C=O) groups is 1. The first-order valence-corrected chi connectivity index (χ1v) is 6.10. The molecule has 0 saturated heterocycles. The second-order valence-electron chi connectivity index (χ2n) is 3.31. The topological polar surface area (TPSA) is 68.0 Å². The molecule has 4 nitrogen and oxygen atoms in total. The smallest absolute Gasteiger partial charge is 0.274 e. The van der Waals surface area contributed by atoms with Crippen molar-refractivity contribution in [3.63, 3.8) is 0 Å². The van der Waals surface area contributed by atoms with Gasteiger partial charge in [0.15, 0.2) is 0 Å². The van der Waals surface area contributed by atoms with Gasteiger partial charge in [-0.15, -0.1) is 11.3 Å². The predicted molar refractivity (Wildman–Crippen MR) is 69.4 cm³/mol. The molecule has 0 fully saturated rings. The number of hydrogen-bond acceptors (Lipinski definition) is 4. The molecular weight excluding hydrogens is 258 g/mol. The highest BCUT2D eigenvalue weighted by Crippen LogP contribution is 2.26. The van der Waals surface area contributed by atoms with Gasteiger partial charge in [-0.1, -0.05) is 11.6 Å². The number of halogens is 1. The summed E-state index contributed by atoms with van der Waals surface area (Å²) in [5, 5.41) is 3.42. The molecule has 17 heavy (non-hydrogen) atoms. The summed E-state index contributed by atoms with van der Waals surface area (Å²) in [4.78, 5) is 15.8. The van der Waals surface area contributed by atoms with Gasteiger partial charge in [0.05, 0.1) is 9.34 Å². The molecule has 0 aromatic carbocycles. The van der Waals surface area contributed by atoms with Crippen LogP contribution in [0.1, 0.15) is 16.1 Å². The van der Waals surface area contributed by atoms with E-state index < -0.39 is 0 Å². The van der Waals surface area contributed by atoms with Crippen LogP contribution in [0.25, 0.3) is 0 Å². The number of rotatable bonds is 3. The fraction of sp³-hybridized carbons (Fsp3) is 0.0909. The summed E-state index contributed by atoms with van der Waals surface area (Å²) in [6, 6.07) is 6.92. The number of carbonyl (C=O) groups excluding carboxylic acids is 1. The normalized spacial score (nSPS) is 10.2. The van der Waals surface area contributed by atoms with E-state index >= 15 is 0 Å². The fourth-order valence-corrected chi connectivity index (χ4v) is 2.22. The number of nitrogens with zero attached hydrogens (tertiary/aromatic N) is 1. The number of thiophene rings is 1. The molecule has 2 heterocycles. The highest BCUT2D eigenvalue weighted by atomic mass is 35.5.